The van der Waals surface area contributed by atoms with E-state index in [1.54, 1.807) is 12.1 Å². The molecule has 2 rings (SSSR count). The smallest absolute Gasteiger partial charge is 0.223 e. The summed E-state index contributed by atoms with van der Waals surface area (Å²) in [6, 6.07) is 7.28. The molecule has 1 heterocycles. The minimum atomic E-state index is -0.178. The highest BCUT2D eigenvalue weighted by atomic mass is 16.5. The molecular weight excluding hydrogens is 266 g/mol. The summed E-state index contributed by atoms with van der Waals surface area (Å²) in [5, 5.41) is 9.23. The highest BCUT2D eigenvalue weighted by Crippen LogP contribution is 2.32. The zero-order valence-electron chi connectivity index (χ0n) is 12.5. The Bertz CT molecular complexity index is 565. The number of likely N-dealkylation sites (tertiary alicyclic amines) is 1. The second-order valence-corrected chi connectivity index (χ2v) is 5.25. The van der Waals surface area contributed by atoms with Crippen molar-refractivity contribution < 1.29 is 9.53 Å². The van der Waals surface area contributed by atoms with Crippen LogP contribution in [0.3, 0.4) is 0 Å². The molecule has 21 heavy (non-hydrogen) atoms. The van der Waals surface area contributed by atoms with Crippen molar-refractivity contribution in [1.29, 1.82) is 5.26 Å². The van der Waals surface area contributed by atoms with E-state index in [1.807, 2.05) is 17.9 Å². The van der Waals surface area contributed by atoms with Crippen molar-refractivity contribution in [3.63, 3.8) is 0 Å². The first-order chi connectivity index (χ1) is 10.1. The van der Waals surface area contributed by atoms with E-state index in [4.69, 9.17) is 10.5 Å². The summed E-state index contributed by atoms with van der Waals surface area (Å²) in [5.74, 6) is 0.669. The molecule has 2 unspecified atom stereocenters. The highest BCUT2D eigenvalue weighted by Gasteiger charge is 2.32. The monoisotopic (exact) mass is 287 g/mol. The minimum Gasteiger partial charge on any atom is -0.495 e. The van der Waals surface area contributed by atoms with Gasteiger partial charge in [0.2, 0.25) is 5.91 Å². The summed E-state index contributed by atoms with van der Waals surface area (Å²) >= 11 is 0. The van der Waals surface area contributed by atoms with Crippen molar-refractivity contribution in [1.82, 2.24) is 4.90 Å². The lowest BCUT2D eigenvalue weighted by Gasteiger charge is -2.33. The van der Waals surface area contributed by atoms with E-state index in [0.29, 0.717) is 24.3 Å². The summed E-state index contributed by atoms with van der Waals surface area (Å²) in [5.41, 5.74) is 7.66. The first kappa shape index (κ1) is 15.3. The van der Waals surface area contributed by atoms with Gasteiger partial charge in [-0.05, 0) is 37.5 Å². The Morgan fingerprint density at radius 3 is 2.90 bits per heavy atom. The van der Waals surface area contributed by atoms with Crippen LogP contribution in [0.15, 0.2) is 18.2 Å². The number of ether oxygens (including phenoxy) is 1. The Kier molecular flexibility index (Phi) is 4.81. The van der Waals surface area contributed by atoms with E-state index in [0.717, 1.165) is 18.4 Å². The fraction of sp³-hybridized carbons (Fsp3) is 0.500. The Morgan fingerprint density at radius 1 is 1.52 bits per heavy atom. The Morgan fingerprint density at radius 2 is 2.29 bits per heavy atom. The molecule has 0 aliphatic carbocycles. The summed E-state index contributed by atoms with van der Waals surface area (Å²) in [6.07, 6.45) is 2.16. The topological polar surface area (TPSA) is 79.3 Å². The second-order valence-electron chi connectivity index (χ2n) is 5.25. The van der Waals surface area contributed by atoms with Crippen molar-refractivity contribution in [3.8, 4) is 11.8 Å². The standard InChI is InChI=1S/C16H21N3O2/c1-3-19-15(20)6-4-5-13(18)16(19)11-7-8-14(21-2)12(9-11)10-17/h7-9,13,16H,3-6,18H2,1-2H3. The van der Waals surface area contributed by atoms with Gasteiger partial charge in [-0.3, -0.25) is 4.79 Å². The van der Waals surface area contributed by atoms with Crippen LogP contribution >= 0.6 is 0 Å². The maximum Gasteiger partial charge on any atom is 0.223 e. The van der Waals surface area contributed by atoms with Crippen LogP contribution in [0.1, 0.15) is 43.4 Å². The van der Waals surface area contributed by atoms with Gasteiger partial charge in [-0.15, -0.1) is 0 Å². The van der Waals surface area contributed by atoms with Crippen LogP contribution in [0.4, 0.5) is 0 Å². The summed E-state index contributed by atoms with van der Waals surface area (Å²) in [6.45, 7) is 2.57. The van der Waals surface area contributed by atoms with Crippen molar-refractivity contribution in [3.05, 3.63) is 29.3 Å². The Balaban J connectivity index is 2.45. The van der Waals surface area contributed by atoms with E-state index in [9.17, 15) is 10.1 Å². The van der Waals surface area contributed by atoms with E-state index in [1.165, 1.54) is 7.11 Å². The second kappa shape index (κ2) is 6.59. The van der Waals surface area contributed by atoms with Gasteiger partial charge in [-0.2, -0.15) is 5.26 Å². The molecule has 1 aromatic rings. The maximum absolute atomic E-state index is 12.2. The number of carbonyl (C=O) groups is 1. The van der Waals surface area contributed by atoms with Crippen LogP contribution in [0, 0.1) is 11.3 Å². The van der Waals surface area contributed by atoms with E-state index >= 15 is 0 Å². The van der Waals surface area contributed by atoms with Crippen LogP contribution in [0.5, 0.6) is 5.75 Å². The fourth-order valence-corrected chi connectivity index (χ4v) is 2.97. The van der Waals surface area contributed by atoms with Crippen LogP contribution in [-0.4, -0.2) is 30.5 Å². The largest absolute Gasteiger partial charge is 0.495 e. The molecule has 0 saturated carbocycles. The number of nitrogens with zero attached hydrogens (tertiary/aromatic N) is 2. The Labute approximate surface area is 125 Å². The predicted octanol–water partition coefficient (Wildman–Crippen LogP) is 1.97. The lowest BCUT2D eigenvalue weighted by Crippen LogP contribution is -2.42. The number of benzene rings is 1. The van der Waals surface area contributed by atoms with Gasteiger partial charge < -0.3 is 15.4 Å². The van der Waals surface area contributed by atoms with E-state index in [-0.39, 0.29) is 18.0 Å². The molecule has 1 amide bonds. The van der Waals surface area contributed by atoms with E-state index < -0.39 is 0 Å². The number of carbonyl (C=O) groups excluding carboxylic acids is 1. The van der Waals surface area contributed by atoms with Crippen LogP contribution in [-0.2, 0) is 4.79 Å². The molecule has 112 valence electrons. The number of methoxy groups -OCH3 is 1. The molecule has 5 heteroatoms. The number of likely N-dealkylation sites (N-methyl/N-ethyl adjacent to an activating group) is 1. The summed E-state index contributed by atoms with van der Waals surface area (Å²) < 4.78 is 5.17. The van der Waals surface area contributed by atoms with Crippen LogP contribution in [0.25, 0.3) is 0 Å². The van der Waals surface area contributed by atoms with Crippen molar-refractivity contribution >= 4 is 5.91 Å². The number of nitrogens with two attached hydrogens (primary N) is 1. The quantitative estimate of drug-likeness (QED) is 0.921. The lowest BCUT2D eigenvalue weighted by atomic mass is 9.95. The van der Waals surface area contributed by atoms with Gasteiger partial charge in [0, 0.05) is 19.0 Å². The lowest BCUT2D eigenvalue weighted by molar-refractivity contribution is -0.133. The molecule has 1 aromatic carbocycles. The zero-order valence-corrected chi connectivity index (χ0v) is 12.5. The van der Waals surface area contributed by atoms with Crippen LogP contribution < -0.4 is 10.5 Å². The number of hydrogen-bond acceptors (Lipinski definition) is 4. The fourth-order valence-electron chi connectivity index (χ4n) is 2.97. The number of rotatable bonds is 3. The molecule has 5 nitrogen and oxygen atoms in total. The van der Waals surface area contributed by atoms with Gasteiger partial charge in [0.25, 0.3) is 0 Å². The summed E-state index contributed by atoms with van der Waals surface area (Å²) in [4.78, 5) is 14.1. The number of amides is 1. The maximum atomic E-state index is 12.2. The normalized spacial score (nSPS) is 22.6. The van der Waals surface area contributed by atoms with Crippen LogP contribution in [0.2, 0.25) is 0 Å². The molecular formula is C16H21N3O2. The summed E-state index contributed by atoms with van der Waals surface area (Å²) in [7, 11) is 1.54. The molecule has 0 aromatic heterocycles. The van der Waals surface area contributed by atoms with Crippen molar-refractivity contribution in [2.24, 2.45) is 5.73 Å². The van der Waals surface area contributed by atoms with Gasteiger partial charge in [0.15, 0.2) is 0 Å². The third-order valence-electron chi connectivity index (χ3n) is 4.02. The molecule has 1 aliphatic heterocycles. The molecule has 0 bridgehead atoms. The Hall–Kier alpha value is -2.06. The third-order valence-corrected chi connectivity index (χ3v) is 4.02. The molecule has 0 spiro atoms. The number of hydrogen-bond donors (Lipinski definition) is 1. The van der Waals surface area contributed by atoms with Gasteiger partial charge >= 0.3 is 0 Å². The average molecular weight is 287 g/mol. The molecule has 2 atom stereocenters. The van der Waals surface area contributed by atoms with Crippen molar-refractivity contribution in [2.45, 2.75) is 38.3 Å². The average Bonchev–Trinajstić information content (AvgIpc) is 2.64. The molecule has 0 radical (unpaired) electrons. The molecule has 1 aliphatic rings. The SMILES string of the molecule is CCN1C(=O)CCCC(N)C1c1ccc(OC)c(C#N)c1. The number of nitriles is 1. The van der Waals surface area contributed by atoms with E-state index in [2.05, 4.69) is 6.07 Å². The zero-order chi connectivity index (χ0) is 15.4. The molecule has 2 N–H and O–H groups in total. The first-order valence-electron chi connectivity index (χ1n) is 7.25. The molecule has 1 fully saturated rings. The van der Waals surface area contributed by atoms with Gasteiger partial charge in [-0.25, -0.2) is 0 Å². The predicted molar refractivity (Wildman–Crippen MR) is 79.7 cm³/mol. The minimum absolute atomic E-state index is 0.115. The van der Waals surface area contributed by atoms with Gasteiger partial charge in [0.1, 0.15) is 11.8 Å². The van der Waals surface area contributed by atoms with Crippen molar-refractivity contribution in [2.75, 3.05) is 13.7 Å². The first-order valence-corrected chi connectivity index (χ1v) is 7.25. The van der Waals surface area contributed by atoms with Gasteiger partial charge in [-0.1, -0.05) is 6.07 Å². The third kappa shape index (κ3) is 3.01. The molecule has 1 saturated heterocycles. The highest BCUT2D eigenvalue weighted by molar-refractivity contribution is 5.77. The van der Waals surface area contributed by atoms with Gasteiger partial charge in [0.05, 0.1) is 18.7 Å².